The summed E-state index contributed by atoms with van der Waals surface area (Å²) in [7, 11) is 0. The molecule has 1 atom stereocenters. The largest absolute Gasteiger partial charge is 0.395 e. The molecule has 2 heterocycles. The Kier molecular flexibility index (Phi) is 5.21. The van der Waals surface area contributed by atoms with Gasteiger partial charge in [0, 0.05) is 35.3 Å². The van der Waals surface area contributed by atoms with Crippen molar-refractivity contribution in [1.29, 1.82) is 0 Å². The van der Waals surface area contributed by atoms with Crippen molar-refractivity contribution >= 4 is 11.3 Å². The van der Waals surface area contributed by atoms with Gasteiger partial charge in [0.2, 0.25) is 0 Å². The Labute approximate surface area is 112 Å². The van der Waals surface area contributed by atoms with E-state index in [-0.39, 0.29) is 12.7 Å². The Morgan fingerprint density at radius 1 is 1.50 bits per heavy atom. The molecule has 3 nitrogen and oxygen atoms in total. The van der Waals surface area contributed by atoms with Crippen molar-refractivity contribution in [3.05, 3.63) is 21.9 Å². The molecule has 18 heavy (non-hydrogen) atoms. The Morgan fingerprint density at radius 2 is 2.39 bits per heavy atom. The van der Waals surface area contributed by atoms with Crippen molar-refractivity contribution < 1.29 is 10.2 Å². The molecule has 2 rings (SSSR count). The first-order chi connectivity index (χ1) is 8.78. The summed E-state index contributed by atoms with van der Waals surface area (Å²) in [6, 6.07) is 2.11. The van der Waals surface area contributed by atoms with Gasteiger partial charge in [0.25, 0.3) is 0 Å². The van der Waals surface area contributed by atoms with E-state index >= 15 is 0 Å². The van der Waals surface area contributed by atoms with Gasteiger partial charge in [-0.25, -0.2) is 0 Å². The maximum Gasteiger partial charge on any atom is 0.0667 e. The topological polar surface area (TPSA) is 43.7 Å². The molecule has 1 unspecified atom stereocenters. The molecule has 0 aromatic carbocycles. The maximum atomic E-state index is 9.62. The highest BCUT2D eigenvalue weighted by Gasteiger charge is 2.17. The standard InChI is InChI=1S/C14H19NO2S/c16-7-2-1-4-12-8-14(18-11-12)10-15-6-3-5-13(17)9-15/h8,11,13,16-17H,2-3,5-7,9-10H2. The van der Waals surface area contributed by atoms with Gasteiger partial charge in [-0.2, -0.15) is 0 Å². The first kappa shape index (κ1) is 13.6. The highest BCUT2D eigenvalue weighted by Crippen LogP contribution is 2.19. The van der Waals surface area contributed by atoms with Crippen LogP contribution in [0.1, 0.15) is 29.7 Å². The minimum absolute atomic E-state index is 0.121. The lowest BCUT2D eigenvalue weighted by atomic mass is 10.1. The highest BCUT2D eigenvalue weighted by molar-refractivity contribution is 7.10. The third-order valence-electron chi connectivity index (χ3n) is 2.98. The van der Waals surface area contributed by atoms with Crippen LogP contribution in [-0.4, -0.2) is 40.9 Å². The molecule has 1 fully saturated rings. The normalized spacial score (nSPS) is 20.4. The summed E-state index contributed by atoms with van der Waals surface area (Å²) in [6.07, 6.45) is 2.38. The van der Waals surface area contributed by atoms with Crippen LogP contribution >= 0.6 is 11.3 Å². The number of nitrogens with zero attached hydrogens (tertiary/aromatic N) is 1. The molecule has 0 saturated carbocycles. The summed E-state index contributed by atoms with van der Waals surface area (Å²) >= 11 is 1.71. The molecule has 0 radical (unpaired) electrons. The van der Waals surface area contributed by atoms with E-state index in [1.54, 1.807) is 11.3 Å². The highest BCUT2D eigenvalue weighted by atomic mass is 32.1. The number of hydrogen-bond acceptors (Lipinski definition) is 4. The number of aliphatic hydroxyl groups is 2. The van der Waals surface area contributed by atoms with E-state index in [4.69, 9.17) is 5.11 Å². The smallest absolute Gasteiger partial charge is 0.0667 e. The molecule has 0 aliphatic carbocycles. The third-order valence-corrected chi connectivity index (χ3v) is 3.90. The predicted octanol–water partition coefficient (Wildman–Crippen LogP) is 1.44. The number of β-amino-alcohol motifs (C(OH)–C–C–N with tert-alkyl or cyclic N) is 1. The summed E-state index contributed by atoms with van der Waals surface area (Å²) in [5.74, 6) is 5.97. The molecule has 1 aromatic rings. The van der Waals surface area contributed by atoms with Crippen molar-refractivity contribution in [3.8, 4) is 11.8 Å². The van der Waals surface area contributed by atoms with Crippen LogP contribution in [0.2, 0.25) is 0 Å². The van der Waals surface area contributed by atoms with E-state index in [9.17, 15) is 5.11 Å². The second kappa shape index (κ2) is 6.91. The number of thiophene rings is 1. The lowest BCUT2D eigenvalue weighted by Gasteiger charge is -2.29. The van der Waals surface area contributed by atoms with E-state index in [1.165, 1.54) is 4.88 Å². The Hall–Kier alpha value is -0.860. The molecular formula is C14H19NO2S. The van der Waals surface area contributed by atoms with Gasteiger partial charge in [-0.3, -0.25) is 4.90 Å². The summed E-state index contributed by atoms with van der Waals surface area (Å²) in [5, 5.41) is 20.3. The van der Waals surface area contributed by atoms with E-state index in [0.717, 1.165) is 38.0 Å². The zero-order chi connectivity index (χ0) is 12.8. The molecule has 4 heteroatoms. The van der Waals surface area contributed by atoms with E-state index in [0.29, 0.717) is 6.42 Å². The number of rotatable bonds is 3. The molecule has 0 amide bonds. The zero-order valence-corrected chi connectivity index (χ0v) is 11.2. The molecule has 1 aromatic heterocycles. The zero-order valence-electron chi connectivity index (χ0n) is 10.4. The molecule has 0 bridgehead atoms. The fraction of sp³-hybridized carbons (Fsp3) is 0.571. The molecule has 1 aliphatic rings. The summed E-state index contributed by atoms with van der Waals surface area (Å²) < 4.78 is 0. The minimum atomic E-state index is -0.164. The molecule has 98 valence electrons. The second-order valence-electron chi connectivity index (χ2n) is 4.61. The monoisotopic (exact) mass is 265 g/mol. The summed E-state index contributed by atoms with van der Waals surface area (Å²) in [6.45, 7) is 2.88. The van der Waals surface area contributed by atoms with Crippen molar-refractivity contribution in [2.45, 2.75) is 31.9 Å². The van der Waals surface area contributed by atoms with Gasteiger partial charge in [0.05, 0.1) is 12.7 Å². The van der Waals surface area contributed by atoms with Crippen LogP contribution in [-0.2, 0) is 6.54 Å². The first-order valence-corrected chi connectivity index (χ1v) is 7.23. The van der Waals surface area contributed by atoms with Gasteiger partial charge in [-0.05, 0) is 25.5 Å². The molecule has 1 aliphatic heterocycles. The molecular weight excluding hydrogens is 246 g/mol. The van der Waals surface area contributed by atoms with Crippen LogP contribution in [0.15, 0.2) is 11.4 Å². The first-order valence-electron chi connectivity index (χ1n) is 6.35. The van der Waals surface area contributed by atoms with Gasteiger partial charge in [0.1, 0.15) is 0 Å². The number of hydrogen-bond donors (Lipinski definition) is 2. The fourth-order valence-corrected chi connectivity index (χ4v) is 3.00. The van der Waals surface area contributed by atoms with Gasteiger partial charge >= 0.3 is 0 Å². The lowest BCUT2D eigenvalue weighted by Crippen LogP contribution is -2.37. The van der Waals surface area contributed by atoms with Crippen molar-refractivity contribution in [3.63, 3.8) is 0 Å². The van der Waals surface area contributed by atoms with Gasteiger partial charge in [0.15, 0.2) is 0 Å². The van der Waals surface area contributed by atoms with E-state index in [1.807, 2.05) is 0 Å². The minimum Gasteiger partial charge on any atom is -0.395 e. The second-order valence-corrected chi connectivity index (χ2v) is 5.60. The van der Waals surface area contributed by atoms with Crippen molar-refractivity contribution in [2.24, 2.45) is 0 Å². The van der Waals surface area contributed by atoms with Crippen LogP contribution in [0.5, 0.6) is 0 Å². The Balaban J connectivity index is 1.88. The van der Waals surface area contributed by atoms with Gasteiger partial charge < -0.3 is 10.2 Å². The lowest BCUT2D eigenvalue weighted by molar-refractivity contribution is 0.0673. The summed E-state index contributed by atoms with van der Waals surface area (Å²) in [4.78, 5) is 3.59. The van der Waals surface area contributed by atoms with Gasteiger partial charge in [-0.15, -0.1) is 11.3 Å². The quantitative estimate of drug-likeness (QED) is 0.813. The van der Waals surface area contributed by atoms with E-state index in [2.05, 4.69) is 28.2 Å². The van der Waals surface area contributed by atoms with Gasteiger partial charge in [-0.1, -0.05) is 11.8 Å². The Morgan fingerprint density at radius 3 is 3.17 bits per heavy atom. The predicted molar refractivity (Wildman–Crippen MR) is 73.4 cm³/mol. The maximum absolute atomic E-state index is 9.62. The third kappa shape index (κ3) is 4.11. The number of likely N-dealkylation sites (tertiary alicyclic amines) is 1. The van der Waals surface area contributed by atoms with Crippen molar-refractivity contribution in [2.75, 3.05) is 19.7 Å². The summed E-state index contributed by atoms with van der Waals surface area (Å²) in [5.41, 5.74) is 1.03. The van der Waals surface area contributed by atoms with Crippen LogP contribution in [0, 0.1) is 11.8 Å². The SMILES string of the molecule is OCCC#Cc1csc(CN2CCCC(O)C2)c1. The van der Waals surface area contributed by atoms with Crippen LogP contribution in [0.4, 0.5) is 0 Å². The molecule has 1 saturated heterocycles. The average molecular weight is 265 g/mol. The number of aliphatic hydroxyl groups excluding tert-OH is 2. The molecule has 2 N–H and O–H groups in total. The average Bonchev–Trinajstić information content (AvgIpc) is 2.77. The van der Waals surface area contributed by atoms with E-state index < -0.39 is 0 Å². The number of piperidine rings is 1. The van der Waals surface area contributed by atoms with Crippen LogP contribution in [0.25, 0.3) is 0 Å². The Bertz CT molecular complexity index is 432. The fourth-order valence-electron chi connectivity index (χ4n) is 2.14. The van der Waals surface area contributed by atoms with Crippen LogP contribution < -0.4 is 0 Å². The van der Waals surface area contributed by atoms with Crippen LogP contribution in [0.3, 0.4) is 0 Å². The van der Waals surface area contributed by atoms with Crippen molar-refractivity contribution in [1.82, 2.24) is 4.90 Å². The molecule has 0 spiro atoms.